The Balaban J connectivity index is 4.54. The molecular weight excluding hydrogens is 142 g/mol. The molecule has 0 atom stereocenters. The molecule has 0 rings (SSSR count). The fourth-order valence-electron chi connectivity index (χ4n) is 0.663. The van der Waals surface area contributed by atoms with E-state index in [0.29, 0.717) is 5.90 Å². The van der Waals surface area contributed by atoms with Crippen LogP contribution < -0.4 is 0 Å². The molecule has 0 saturated carbocycles. The van der Waals surface area contributed by atoms with Crippen LogP contribution in [-0.2, 0) is 9.53 Å². The Morgan fingerprint density at radius 3 is 1.91 bits per heavy atom. The molecule has 0 aromatic rings. The van der Waals surface area contributed by atoms with Crippen LogP contribution in [-0.4, -0.2) is 18.9 Å². The zero-order chi connectivity index (χ0) is 9.07. The second kappa shape index (κ2) is 3.51. The maximum Gasteiger partial charge on any atom is 0.245 e. The molecule has 0 aromatic heterocycles. The minimum Gasteiger partial charge on any atom is -0.484 e. The third-order valence-electron chi connectivity index (χ3n) is 1.09. The molecule has 0 heterocycles. The van der Waals surface area contributed by atoms with Gasteiger partial charge in [0.25, 0.3) is 0 Å². The van der Waals surface area contributed by atoms with Gasteiger partial charge in [0, 0.05) is 12.3 Å². The topological polar surface area (TPSA) is 38.7 Å². The normalized spacial score (nSPS) is 13.0. The summed E-state index contributed by atoms with van der Waals surface area (Å²) >= 11 is 0. The molecule has 3 nitrogen and oxygen atoms in total. The lowest BCUT2D eigenvalue weighted by Gasteiger charge is -2.18. The lowest BCUT2D eigenvalue weighted by Crippen LogP contribution is -2.23. The van der Waals surface area contributed by atoms with Crippen LogP contribution in [0.25, 0.3) is 0 Å². The van der Waals surface area contributed by atoms with Crippen LogP contribution in [0.4, 0.5) is 0 Å². The summed E-state index contributed by atoms with van der Waals surface area (Å²) in [5, 5.41) is 0. The second-order valence-electron chi connectivity index (χ2n) is 3.39. The van der Waals surface area contributed by atoms with Crippen molar-refractivity contribution >= 4 is 11.8 Å². The smallest absolute Gasteiger partial charge is 0.245 e. The van der Waals surface area contributed by atoms with Gasteiger partial charge in [-0.25, -0.2) is 0 Å². The first-order valence-electron chi connectivity index (χ1n) is 3.51. The Morgan fingerprint density at radius 2 is 1.82 bits per heavy atom. The molecular formula is C8H15NO2. The highest BCUT2D eigenvalue weighted by molar-refractivity contribution is 5.92. The van der Waals surface area contributed by atoms with E-state index in [0.717, 1.165) is 0 Å². The number of rotatable bonds is 0. The van der Waals surface area contributed by atoms with Gasteiger partial charge in [-0.3, -0.25) is 4.79 Å². The molecule has 0 fully saturated rings. The van der Waals surface area contributed by atoms with E-state index < -0.39 is 0 Å². The first kappa shape index (κ1) is 10.1. The lowest BCUT2D eigenvalue weighted by atomic mass is 9.97. The summed E-state index contributed by atoms with van der Waals surface area (Å²) in [6, 6.07) is 0. The van der Waals surface area contributed by atoms with Crippen molar-refractivity contribution in [1.29, 1.82) is 0 Å². The fraction of sp³-hybridized carbons (Fsp3) is 0.750. The van der Waals surface area contributed by atoms with E-state index in [1.165, 1.54) is 14.0 Å². The van der Waals surface area contributed by atoms with Crippen LogP contribution in [0.5, 0.6) is 0 Å². The van der Waals surface area contributed by atoms with Crippen molar-refractivity contribution in [3.8, 4) is 0 Å². The summed E-state index contributed by atoms with van der Waals surface area (Å²) in [6.07, 6.45) is 0. The van der Waals surface area contributed by atoms with Gasteiger partial charge in [-0.1, -0.05) is 20.8 Å². The predicted octanol–water partition coefficient (Wildman–Crippen LogP) is 1.62. The van der Waals surface area contributed by atoms with Gasteiger partial charge < -0.3 is 4.74 Å². The van der Waals surface area contributed by atoms with Crippen LogP contribution >= 0.6 is 0 Å². The number of ether oxygens (including phenoxy) is 1. The quantitative estimate of drug-likeness (QED) is 0.396. The molecule has 1 amide bonds. The summed E-state index contributed by atoms with van der Waals surface area (Å²) in [5.74, 6) is 0.252. The van der Waals surface area contributed by atoms with Gasteiger partial charge in [0.15, 0.2) is 5.90 Å². The van der Waals surface area contributed by atoms with Crippen LogP contribution in [0.1, 0.15) is 27.7 Å². The van der Waals surface area contributed by atoms with Crippen molar-refractivity contribution in [2.75, 3.05) is 7.11 Å². The van der Waals surface area contributed by atoms with E-state index in [2.05, 4.69) is 4.99 Å². The molecule has 0 aliphatic rings. The summed E-state index contributed by atoms with van der Waals surface area (Å²) in [7, 11) is 1.52. The van der Waals surface area contributed by atoms with Crippen LogP contribution in [0, 0.1) is 5.41 Å². The van der Waals surface area contributed by atoms with E-state index in [1.54, 1.807) is 0 Å². The van der Waals surface area contributed by atoms with Crippen molar-refractivity contribution in [2.45, 2.75) is 27.7 Å². The molecule has 0 saturated heterocycles. The fourth-order valence-corrected chi connectivity index (χ4v) is 0.663. The van der Waals surface area contributed by atoms with Crippen molar-refractivity contribution in [1.82, 2.24) is 0 Å². The second-order valence-corrected chi connectivity index (χ2v) is 3.39. The number of aliphatic imine (C=N–C) groups is 1. The average Bonchev–Trinajstić information content (AvgIpc) is 1.79. The van der Waals surface area contributed by atoms with E-state index in [-0.39, 0.29) is 11.3 Å². The van der Waals surface area contributed by atoms with Crippen molar-refractivity contribution in [3.05, 3.63) is 0 Å². The largest absolute Gasteiger partial charge is 0.484 e. The van der Waals surface area contributed by atoms with Crippen molar-refractivity contribution in [2.24, 2.45) is 10.4 Å². The Morgan fingerprint density at radius 1 is 1.36 bits per heavy atom. The van der Waals surface area contributed by atoms with Crippen molar-refractivity contribution < 1.29 is 9.53 Å². The van der Waals surface area contributed by atoms with Gasteiger partial charge in [-0.15, -0.1) is 0 Å². The van der Waals surface area contributed by atoms with Crippen molar-refractivity contribution in [3.63, 3.8) is 0 Å². The van der Waals surface area contributed by atoms with E-state index in [4.69, 9.17) is 4.74 Å². The number of hydrogen-bond acceptors (Lipinski definition) is 2. The number of amides is 1. The Labute approximate surface area is 67.5 Å². The standard InChI is InChI=1S/C8H15NO2/c1-6(10)9-7(11-5)8(2,3)4/h1-5H3. The summed E-state index contributed by atoms with van der Waals surface area (Å²) in [4.78, 5) is 14.3. The van der Waals surface area contributed by atoms with E-state index in [1.807, 2.05) is 20.8 Å². The molecule has 64 valence electrons. The maximum absolute atomic E-state index is 10.6. The summed E-state index contributed by atoms with van der Waals surface area (Å²) in [6.45, 7) is 7.24. The zero-order valence-corrected chi connectivity index (χ0v) is 7.76. The minimum atomic E-state index is -0.225. The highest BCUT2D eigenvalue weighted by Crippen LogP contribution is 2.16. The number of carbonyl (C=O) groups excluding carboxylic acids is 1. The molecule has 11 heavy (non-hydrogen) atoms. The zero-order valence-electron chi connectivity index (χ0n) is 7.76. The predicted molar refractivity (Wildman–Crippen MR) is 44.6 cm³/mol. The van der Waals surface area contributed by atoms with Crippen LogP contribution in [0.15, 0.2) is 4.99 Å². The monoisotopic (exact) mass is 157 g/mol. The molecule has 3 heteroatoms. The molecule has 0 unspecified atom stereocenters. The molecule has 0 aliphatic heterocycles. The molecule has 0 aromatic carbocycles. The maximum atomic E-state index is 10.6. The Kier molecular flexibility index (Phi) is 3.23. The van der Waals surface area contributed by atoms with Gasteiger partial charge in [-0.2, -0.15) is 4.99 Å². The lowest BCUT2D eigenvalue weighted by molar-refractivity contribution is -0.115. The molecule has 0 spiro atoms. The molecule has 0 bridgehead atoms. The first-order valence-corrected chi connectivity index (χ1v) is 3.51. The van der Waals surface area contributed by atoms with Gasteiger partial charge in [-0.05, 0) is 0 Å². The van der Waals surface area contributed by atoms with Gasteiger partial charge in [0.1, 0.15) is 0 Å². The van der Waals surface area contributed by atoms with Gasteiger partial charge >= 0.3 is 0 Å². The summed E-state index contributed by atoms with van der Waals surface area (Å²) < 4.78 is 4.95. The Bertz CT molecular complexity index is 177. The third-order valence-corrected chi connectivity index (χ3v) is 1.09. The van der Waals surface area contributed by atoms with E-state index in [9.17, 15) is 4.79 Å². The number of carbonyl (C=O) groups is 1. The van der Waals surface area contributed by atoms with Gasteiger partial charge in [0.2, 0.25) is 5.91 Å². The Hall–Kier alpha value is -0.860. The molecule has 0 N–H and O–H groups in total. The first-order chi connectivity index (χ1) is 4.88. The average molecular weight is 157 g/mol. The summed E-state index contributed by atoms with van der Waals surface area (Å²) in [5.41, 5.74) is -0.194. The third kappa shape index (κ3) is 3.75. The van der Waals surface area contributed by atoms with E-state index >= 15 is 0 Å². The SMILES string of the molecule is COC(=NC(C)=O)C(C)(C)C. The van der Waals surface area contributed by atoms with Crippen LogP contribution in [0.2, 0.25) is 0 Å². The number of hydrogen-bond donors (Lipinski definition) is 0. The van der Waals surface area contributed by atoms with Crippen LogP contribution in [0.3, 0.4) is 0 Å². The number of nitrogens with zero attached hydrogens (tertiary/aromatic N) is 1. The molecule has 0 radical (unpaired) electrons. The highest BCUT2D eigenvalue weighted by atomic mass is 16.5. The molecule has 0 aliphatic carbocycles. The highest BCUT2D eigenvalue weighted by Gasteiger charge is 2.20. The number of methoxy groups -OCH3 is 1. The van der Waals surface area contributed by atoms with Gasteiger partial charge in [0.05, 0.1) is 7.11 Å². The minimum absolute atomic E-state index is 0.194.